The molecule has 0 spiro atoms. The first-order valence-corrected chi connectivity index (χ1v) is 8.36. The Morgan fingerprint density at radius 1 is 0.846 bits per heavy atom. The van der Waals surface area contributed by atoms with Crippen molar-refractivity contribution in [3.8, 4) is 0 Å². The lowest BCUT2D eigenvalue weighted by molar-refractivity contribution is -0.190. The molecular weight excluding hydrogens is 336 g/mol. The van der Waals surface area contributed by atoms with Crippen molar-refractivity contribution in [1.29, 1.82) is 0 Å². The van der Waals surface area contributed by atoms with E-state index in [1.54, 1.807) is 60.7 Å². The third kappa shape index (κ3) is 4.75. The van der Waals surface area contributed by atoms with Gasteiger partial charge in [-0.05, 0) is 11.1 Å². The second kappa shape index (κ2) is 9.02. The van der Waals surface area contributed by atoms with Gasteiger partial charge in [0.2, 0.25) is 0 Å². The number of aliphatic hydroxyl groups excluding tert-OH is 4. The van der Waals surface area contributed by atoms with Crippen LogP contribution in [0, 0.1) is 0 Å². The number of rotatable bonds is 9. The Morgan fingerprint density at radius 3 is 1.85 bits per heavy atom. The van der Waals surface area contributed by atoms with E-state index in [-0.39, 0.29) is 19.1 Å². The number of benzene rings is 2. The third-order valence-electron chi connectivity index (χ3n) is 4.49. The number of hydrogen-bond donors (Lipinski definition) is 5. The molecule has 0 bridgehead atoms. The van der Waals surface area contributed by atoms with E-state index in [1.165, 1.54) is 0 Å². The van der Waals surface area contributed by atoms with E-state index in [0.717, 1.165) is 5.56 Å². The van der Waals surface area contributed by atoms with Gasteiger partial charge in [-0.3, -0.25) is 0 Å². The summed E-state index contributed by atoms with van der Waals surface area (Å²) >= 11 is 0. The molecule has 0 aromatic heterocycles. The summed E-state index contributed by atoms with van der Waals surface area (Å²) in [5, 5.41) is 51.8. The molecule has 0 aliphatic rings. The van der Waals surface area contributed by atoms with Crippen LogP contribution in [0.5, 0.6) is 0 Å². The van der Waals surface area contributed by atoms with Crippen LogP contribution < -0.4 is 0 Å². The Morgan fingerprint density at radius 2 is 1.35 bits per heavy atom. The smallest absolute Gasteiger partial charge is 0.151 e. The van der Waals surface area contributed by atoms with Crippen molar-refractivity contribution >= 4 is 6.29 Å². The Kier molecular flexibility index (Phi) is 7.02. The summed E-state index contributed by atoms with van der Waals surface area (Å²) in [5.41, 5.74) is -1.06. The fourth-order valence-electron chi connectivity index (χ4n) is 2.91. The number of hydrogen-bond acceptors (Lipinski definition) is 6. The van der Waals surface area contributed by atoms with Crippen molar-refractivity contribution in [3.05, 3.63) is 71.8 Å². The van der Waals surface area contributed by atoms with Crippen molar-refractivity contribution in [3.63, 3.8) is 0 Å². The molecule has 5 N–H and O–H groups in total. The first-order chi connectivity index (χ1) is 12.4. The van der Waals surface area contributed by atoms with Gasteiger partial charge in [-0.25, -0.2) is 0 Å². The van der Waals surface area contributed by atoms with Crippen LogP contribution >= 0.6 is 0 Å². The Labute approximate surface area is 152 Å². The quantitative estimate of drug-likeness (QED) is 0.397. The zero-order chi connectivity index (χ0) is 19.2. The number of aldehydes is 1. The minimum Gasteiger partial charge on any atom is -0.390 e. The molecule has 2 rings (SSSR count). The van der Waals surface area contributed by atoms with Gasteiger partial charge in [0.15, 0.2) is 6.29 Å². The highest BCUT2D eigenvalue weighted by Gasteiger charge is 2.47. The van der Waals surface area contributed by atoms with Gasteiger partial charge in [0.25, 0.3) is 0 Å². The summed E-state index contributed by atoms with van der Waals surface area (Å²) in [7, 11) is 0. The highest BCUT2D eigenvalue weighted by Crippen LogP contribution is 2.25. The van der Waals surface area contributed by atoms with Crippen LogP contribution in [-0.2, 0) is 17.6 Å². The van der Waals surface area contributed by atoms with Gasteiger partial charge in [0, 0.05) is 12.8 Å². The molecule has 0 radical (unpaired) electrons. The molecule has 0 saturated carbocycles. The number of aliphatic hydroxyl groups is 5. The van der Waals surface area contributed by atoms with Crippen LogP contribution in [0.1, 0.15) is 11.1 Å². The predicted octanol–water partition coefficient (Wildman–Crippen LogP) is -0.155. The molecule has 2 aromatic carbocycles. The van der Waals surface area contributed by atoms with Crippen molar-refractivity contribution in [1.82, 2.24) is 0 Å². The molecule has 0 fully saturated rings. The fourth-order valence-corrected chi connectivity index (χ4v) is 2.91. The molecule has 0 aliphatic heterocycles. The largest absolute Gasteiger partial charge is 0.390 e. The SMILES string of the molecule is O=CC(O)C(O)(Cc1ccccc1)C(O)C(O)C(O)Cc1ccccc1. The molecule has 5 unspecified atom stereocenters. The molecule has 6 heteroatoms. The second-order valence-corrected chi connectivity index (χ2v) is 6.43. The highest BCUT2D eigenvalue weighted by molar-refractivity contribution is 5.58. The summed E-state index contributed by atoms with van der Waals surface area (Å²) in [4.78, 5) is 11.1. The molecular formula is C20H24O6. The van der Waals surface area contributed by atoms with E-state index >= 15 is 0 Å². The average molecular weight is 360 g/mol. The maximum atomic E-state index is 11.1. The van der Waals surface area contributed by atoms with Crippen LogP contribution in [0.15, 0.2) is 60.7 Å². The Bertz CT molecular complexity index is 677. The summed E-state index contributed by atoms with van der Waals surface area (Å²) in [6.45, 7) is 0. The molecule has 26 heavy (non-hydrogen) atoms. The molecule has 0 aliphatic carbocycles. The first kappa shape index (κ1) is 20.2. The van der Waals surface area contributed by atoms with Crippen LogP contribution in [0.4, 0.5) is 0 Å². The normalized spacial score (nSPS) is 18.3. The van der Waals surface area contributed by atoms with Crippen molar-refractivity contribution < 1.29 is 30.3 Å². The van der Waals surface area contributed by atoms with Crippen molar-refractivity contribution in [2.45, 2.75) is 42.9 Å². The molecule has 140 valence electrons. The van der Waals surface area contributed by atoms with Crippen LogP contribution in [0.3, 0.4) is 0 Å². The predicted molar refractivity (Wildman–Crippen MR) is 95.3 cm³/mol. The Balaban J connectivity index is 2.19. The summed E-state index contributed by atoms with van der Waals surface area (Å²) in [6, 6.07) is 17.3. The van der Waals surface area contributed by atoms with E-state index in [0.29, 0.717) is 5.56 Å². The van der Waals surface area contributed by atoms with Crippen molar-refractivity contribution in [2.24, 2.45) is 0 Å². The van der Waals surface area contributed by atoms with Crippen molar-refractivity contribution in [2.75, 3.05) is 0 Å². The second-order valence-electron chi connectivity index (χ2n) is 6.43. The lowest BCUT2D eigenvalue weighted by Crippen LogP contribution is -2.61. The van der Waals surface area contributed by atoms with Gasteiger partial charge < -0.3 is 30.3 Å². The topological polar surface area (TPSA) is 118 Å². The van der Waals surface area contributed by atoms with E-state index in [9.17, 15) is 30.3 Å². The average Bonchev–Trinajstić information content (AvgIpc) is 2.67. The van der Waals surface area contributed by atoms with Gasteiger partial charge in [-0.15, -0.1) is 0 Å². The molecule has 2 aromatic rings. The van der Waals surface area contributed by atoms with E-state index in [1.807, 2.05) is 0 Å². The zero-order valence-corrected chi connectivity index (χ0v) is 14.2. The minimum atomic E-state index is -2.35. The van der Waals surface area contributed by atoms with E-state index < -0.39 is 30.0 Å². The number of carbonyl (C=O) groups excluding carboxylic acids is 1. The molecule has 0 amide bonds. The van der Waals surface area contributed by atoms with Gasteiger partial charge in [-0.1, -0.05) is 60.7 Å². The molecule has 6 nitrogen and oxygen atoms in total. The van der Waals surface area contributed by atoms with Crippen LogP contribution in [0.25, 0.3) is 0 Å². The molecule has 0 saturated heterocycles. The zero-order valence-electron chi connectivity index (χ0n) is 14.2. The Hall–Kier alpha value is -2.09. The fraction of sp³-hybridized carbons (Fsp3) is 0.350. The van der Waals surface area contributed by atoms with Gasteiger partial charge in [0.1, 0.15) is 23.9 Å². The summed E-state index contributed by atoms with van der Waals surface area (Å²) in [6.07, 6.45) is -7.17. The maximum absolute atomic E-state index is 11.1. The van der Waals surface area contributed by atoms with E-state index in [4.69, 9.17) is 0 Å². The standard InChI is InChI=1S/C20H24O6/c21-13-17(23)20(26,12-15-9-5-2-6-10-15)19(25)18(24)16(22)11-14-7-3-1-4-8-14/h1-10,13,16-19,22-26H,11-12H2. The molecule has 0 heterocycles. The van der Waals surface area contributed by atoms with Crippen LogP contribution in [0.2, 0.25) is 0 Å². The lowest BCUT2D eigenvalue weighted by atomic mass is 9.80. The van der Waals surface area contributed by atoms with E-state index in [2.05, 4.69) is 0 Å². The highest BCUT2D eigenvalue weighted by atomic mass is 16.4. The van der Waals surface area contributed by atoms with Gasteiger partial charge in [0.05, 0.1) is 6.10 Å². The summed E-state index contributed by atoms with van der Waals surface area (Å²) < 4.78 is 0. The van der Waals surface area contributed by atoms with Gasteiger partial charge in [-0.2, -0.15) is 0 Å². The monoisotopic (exact) mass is 360 g/mol. The minimum absolute atomic E-state index is 0.0394. The lowest BCUT2D eigenvalue weighted by Gasteiger charge is -2.38. The molecule has 5 atom stereocenters. The van der Waals surface area contributed by atoms with Crippen LogP contribution in [-0.4, -0.2) is 61.8 Å². The first-order valence-electron chi connectivity index (χ1n) is 8.36. The summed E-state index contributed by atoms with van der Waals surface area (Å²) in [5.74, 6) is 0. The third-order valence-corrected chi connectivity index (χ3v) is 4.49. The maximum Gasteiger partial charge on any atom is 0.151 e. The van der Waals surface area contributed by atoms with Gasteiger partial charge >= 0.3 is 0 Å². The number of carbonyl (C=O) groups is 1.